The molecule has 3 aromatic rings. The van der Waals surface area contributed by atoms with Crippen molar-refractivity contribution in [2.24, 2.45) is 0 Å². The first kappa shape index (κ1) is 17.3. The number of ether oxygens (including phenoxy) is 1. The maximum atomic E-state index is 13.6. The first-order valence-electron chi connectivity index (χ1n) is 7.57. The van der Waals surface area contributed by atoms with Crippen LogP contribution in [0.5, 0.6) is 0 Å². The zero-order valence-corrected chi connectivity index (χ0v) is 13.6. The Kier molecular flexibility index (Phi) is 4.74. The highest BCUT2D eigenvalue weighted by Gasteiger charge is 2.22. The summed E-state index contributed by atoms with van der Waals surface area (Å²) in [5.41, 5.74) is -1.19. The van der Waals surface area contributed by atoms with E-state index in [2.05, 4.69) is 15.5 Å². The molecule has 0 atom stereocenters. The van der Waals surface area contributed by atoms with Gasteiger partial charge in [-0.15, -0.1) is 0 Å². The lowest BCUT2D eigenvalue weighted by Crippen LogP contribution is -2.28. The minimum absolute atomic E-state index is 0.0169. The molecule has 9 nitrogen and oxygen atoms in total. The average molecular weight is 360 g/mol. The van der Waals surface area contributed by atoms with Crippen molar-refractivity contribution in [3.05, 3.63) is 52.5 Å². The Hall–Kier alpha value is -3.56. The van der Waals surface area contributed by atoms with Crippen molar-refractivity contribution in [3.8, 4) is 0 Å². The highest BCUT2D eigenvalue weighted by atomic mass is 19.1. The van der Waals surface area contributed by atoms with E-state index in [9.17, 15) is 18.8 Å². The molecule has 2 aromatic heterocycles. The van der Waals surface area contributed by atoms with Crippen LogP contribution in [0.25, 0.3) is 11.1 Å². The molecule has 0 bridgehead atoms. The second-order valence-corrected chi connectivity index (χ2v) is 5.14. The molecule has 10 heteroatoms. The van der Waals surface area contributed by atoms with Crippen molar-refractivity contribution in [2.45, 2.75) is 13.5 Å². The van der Waals surface area contributed by atoms with Crippen LogP contribution in [-0.2, 0) is 16.1 Å². The van der Waals surface area contributed by atoms with Crippen LogP contribution in [0.2, 0.25) is 0 Å². The van der Waals surface area contributed by atoms with E-state index in [-0.39, 0.29) is 29.1 Å². The second-order valence-electron chi connectivity index (χ2n) is 5.14. The van der Waals surface area contributed by atoms with Gasteiger partial charge in [-0.05, 0) is 19.1 Å². The van der Waals surface area contributed by atoms with Gasteiger partial charge < -0.3 is 14.6 Å². The summed E-state index contributed by atoms with van der Waals surface area (Å²) in [7, 11) is 0. The number of fused-ring (bicyclic) bond motifs is 1. The van der Waals surface area contributed by atoms with Gasteiger partial charge in [-0.3, -0.25) is 14.2 Å². The Morgan fingerprint density at radius 2 is 2.12 bits per heavy atom. The number of para-hydroxylation sites is 1. The molecule has 0 unspecified atom stereocenters. The van der Waals surface area contributed by atoms with Crippen molar-refractivity contribution in [1.29, 1.82) is 0 Å². The van der Waals surface area contributed by atoms with E-state index in [0.29, 0.717) is 0 Å². The predicted octanol–water partition coefficient (Wildman–Crippen LogP) is 1.34. The molecule has 0 saturated heterocycles. The number of amides is 1. The molecule has 0 fully saturated rings. The topological polar surface area (TPSA) is 116 Å². The number of carbonyl (C=O) groups is 2. The van der Waals surface area contributed by atoms with Crippen LogP contribution >= 0.6 is 0 Å². The molecule has 3 rings (SSSR count). The Balaban J connectivity index is 1.89. The van der Waals surface area contributed by atoms with Gasteiger partial charge in [0.1, 0.15) is 24.1 Å². The van der Waals surface area contributed by atoms with Crippen LogP contribution in [0.4, 0.5) is 10.1 Å². The quantitative estimate of drug-likeness (QED) is 0.682. The maximum Gasteiger partial charge on any atom is 0.361 e. The standard InChI is InChI=1S/C16H13FN4O5/c1-2-25-16(24)13-12-14(26-20-13)18-8-21(15(12)23)7-11(22)19-10-6-4-3-5-9(10)17/h3-6,8H,2,7H2,1H3,(H,19,22). The van der Waals surface area contributed by atoms with Crippen LogP contribution in [0.15, 0.2) is 39.9 Å². The molecular weight excluding hydrogens is 347 g/mol. The monoisotopic (exact) mass is 360 g/mol. The van der Waals surface area contributed by atoms with Crippen molar-refractivity contribution in [3.63, 3.8) is 0 Å². The largest absolute Gasteiger partial charge is 0.461 e. The molecule has 26 heavy (non-hydrogen) atoms. The number of rotatable bonds is 5. The lowest BCUT2D eigenvalue weighted by atomic mass is 10.3. The van der Waals surface area contributed by atoms with Crippen molar-refractivity contribution in [2.75, 3.05) is 11.9 Å². The van der Waals surface area contributed by atoms with E-state index >= 15 is 0 Å². The second kappa shape index (κ2) is 7.13. The molecular formula is C16H13FN4O5. The number of nitrogens with one attached hydrogen (secondary N) is 1. The van der Waals surface area contributed by atoms with E-state index in [1.807, 2.05) is 0 Å². The third kappa shape index (κ3) is 3.29. The predicted molar refractivity (Wildman–Crippen MR) is 87.1 cm³/mol. The number of hydrogen-bond acceptors (Lipinski definition) is 7. The van der Waals surface area contributed by atoms with Crippen LogP contribution < -0.4 is 10.9 Å². The van der Waals surface area contributed by atoms with Crippen molar-refractivity contribution < 1.29 is 23.2 Å². The number of aromatic nitrogens is 3. The number of hydrogen-bond donors (Lipinski definition) is 1. The Morgan fingerprint density at radius 3 is 2.85 bits per heavy atom. The fourth-order valence-electron chi connectivity index (χ4n) is 2.24. The average Bonchev–Trinajstić information content (AvgIpc) is 3.05. The SMILES string of the molecule is CCOC(=O)c1noc2ncn(CC(=O)Nc3ccccc3F)c(=O)c12. The number of nitrogens with zero attached hydrogens (tertiary/aromatic N) is 3. The van der Waals surface area contributed by atoms with Gasteiger partial charge in [0.05, 0.1) is 12.3 Å². The third-order valence-electron chi connectivity index (χ3n) is 3.39. The van der Waals surface area contributed by atoms with Crippen LogP contribution in [-0.4, -0.2) is 33.2 Å². The van der Waals surface area contributed by atoms with Crippen LogP contribution in [0, 0.1) is 5.82 Å². The molecule has 0 aliphatic heterocycles. The Labute approximate surface area is 145 Å². The Bertz CT molecular complexity index is 1040. The lowest BCUT2D eigenvalue weighted by Gasteiger charge is -2.07. The molecule has 1 amide bonds. The summed E-state index contributed by atoms with van der Waals surface area (Å²) >= 11 is 0. The van der Waals surface area contributed by atoms with Crippen LogP contribution in [0.3, 0.4) is 0 Å². The summed E-state index contributed by atoms with van der Waals surface area (Å²) in [6, 6.07) is 5.62. The van der Waals surface area contributed by atoms with Crippen molar-refractivity contribution in [1.82, 2.24) is 14.7 Å². The molecule has 2 heterocycles. The van der Waals surface area contributed by atoms with Gasteiger partial charge in [-0.1, -0.05) is 17.3 Å². The molecule has 1 N–H and O–H groups in total. The van der Waals surface area contributed by atoms with Crippen molar-refractivity contribution >= 4 is 28.7 Å². The number of benzene rings is 1. The molecule has 0 saturated carbocycles. The maximum absolute atomic E-state index is 13.6. The molecule has 134 valence electrons. The number of anilines is 1. The first-order valence-corrected chi connectivity index (χ1v) is 7.57. The number of esters is 1. The fourth-order valence-corrected chi connectivity index (χ4v) is 2.24. The molecule has 0 aliphatic carbocycles. The number of halogens is 1. The summed E-state index contributed by atoms with van der Waals surface area (Å²) in [6.45, 7) is 1.25. The van der Waals surface area contributed by atoms with E-state index in [1.165, 1.54) is 18.2 Å². The summed E-state index contributed by atoms with van der Waals surface area (Å²) in [6.07, 6.45) is 1.08. The third-order valence-corrected chi connectivity index (χ3v) is 3.39. The van der Waals surface area contributed by atoms with E-state index in [0.717, 1.165) is 10.9 Å². The molecule has 0 spiro atoms. The normalized spacial score (nSPS) is 10.7. The van der Waals surface area contributed by atoms with Gasteiger partial charge >= 0.3 is 5.97 Å². The van der Waals surface area contributed by atoms with Gasteiger partial charge in [-0.2, -0.15) is 0 Å². The van der Waals surface area contributed by atoms with Gasteiger partial charge in [0, 0.05) is 0 Å². The van der Waals surface area contributed by atoms with Gasteiger partial charge in [-0.25, -0.2) is 14.2 Å². The van der Waals surface area contributed by atoms with Gasteiger partial charge in [0.2, 0.25) is 11.6 Å². The molecule has 0 aliphatic rings. The van der Waals surface area contributed by atoms with Crippen LogP contribution in [0.1, 0.15) is 17.4 Å². The highest BCUT2D eigenvalue weighted by Crippen LogP contribution is 2.14. The summed E-state index contributed by atoms with van der Waals surface area (Å²) in [5, 5.41) is 5.66. The van der Waals surface area contributed by atoms with E-state index < -0.39 is 29.8 Å². The first-order chi connectivity index (χ1) is 12.5. The highest BCUT2D eigenvalue weighted by molar-refractivity contribution is 5.99. The summed E-state index contributed by atoms with van der Waals surface area (Å²) in [4.78, 5) is 40.3. The van der Waals surface area contributed by atoms with E-state index in [1.54, 1.807) is 13.0 Å². The summed E-state index contributed by atoms with van der Waals surface area (Å²) < 4.78 is 24.2. The van der Waals surface area contributed by atoms with Gasteiger partial charge in [0.15, 0.2) is 0 Å². The minimum atomic E-state index is -0.835. The summed E-state index contributed by atoms with van der Waals surface area (Å²) in [5.74, 6) is -2.09. The van der Waals surface area contributed by atoms with Gasteiger partial charge in [0.25, 0.3) is 11.3 Å². The zero-order chi connectivity index (χ0) is 18.7. The number of carbonyl (C=O) groups excluding carboxylic acids is 2. The molecule has 0 radical (unpaired) electrons. The smallest absolute Gasteiger partial charge is 0.361 e. The lowest BCUT2D eigenvalue weighted by molar-refractivity contribution is -0.116. The fraction of sp³-hybridized carbons (Fsp3) is 0.188. The molecule has 1 aromatic carbocycles. The Morgan fingerprint density at radius 1 is 1.35 bits per heavy atom. The minimum Gasteiger partial charge on any atom is -0.461 e. The zero-order valence-electron chi connectivity index (χ0n) is 13.6. The van der Waals surface area contributed by atoms with E-state index in [4.69, 9.17) is 9.26 Å².